The Hall–Kier alpha value is -2.22. The molecule has 0 saturated carbocycles. The molecule has 0 saturated heterocycles. The second-order valence-corrected chi connectivity index (χ2v) is 7.07. The van der Waals surface area contributed by atoms with Crippen LogP contribution in [0.15, 0.2) is 30.3 Å². The number of carboxylic acid groups (broad SMARTS) is 1. The van der Waals surface area contributed by atoms with Crippen LogP contribution in [0.4, 0.5) is 4.79 Å². The number of thioether (sulfide) groups is 1. The maximum atomic E-state index is 12.5. The Balaban J connectivity index is 2.62. The standard InChI is InChI=1S/C19H28N2O5S/c1-3-4-10-15(17(22)20-16(18(23)24)11-12-27-2)21-19(25)26-13-14-8-6-5-7-9-14/h5-9,15-16H,3-4,10-13H2,1-2H3,(H,20,22)(H,21,25)(H,23,24). The molecule has 7 nitrogen and oxygen atoms in total. The zero-order valence-corrected chi connectivity index (χ0v) is 16.6. The third-order valence-corrected chi connectivity index (χ3v) is 4.54. The van der Waals surface area contributed by atoms with E-state index in [4.69, 9.17) is 4.74 Å². The van der Waals surface area contributed by atoms with Gasteiger partial charge < -0.3 is 20.5 Å². The van der Waals surface area contributed by atoms with Gasteiger partial charge in [-0.25, -0.2) is 9.59 Å². The molecule has 0 aliphatic carbocycles. The normalized spacial score (nSPS) is 12.7. The molecule has 3 N–H and O–H groups in total. The van der Waals surface area contributed by atoms with E-state index in [1.54, 1.807) is 0 Å². The van der Waals surface area contributed by atoms with Crippen LogP contribution < -0.4 is 10.6 Å². The summed E-state index contributed by atoms with van der Waals surface area (Å²) in [6.45, 7) is 2.07. The van der Waals surface area contributed by atoms with E-state index < -0.39 is 30.1 Å². The highest BCUT2D eigenvalue weighted by atomic mass is 32.2. The number of hydrogen-bond donors (Lipinski definition) is 3. The largest absolute Gasteiger partial charge is 0.480 e. The predicted octanol–water partition coefficient (Wildman–Crippen LogP) is 2.79. The number of benzene rings is 1. The second-order valence-electron chi connectivity index (χ2n) is 6.08. The Kier molecular flexibility index (Phi) is 11.0. The Morgan fingerprint density at radius 3 is 2.41 bits per heavy atom. The van der Waals surface area contributed by atoms with Gasteiger partial charge in [-0.3, -0.25) is 4.79 Å². The van der Waals surface area contributed by atoms with Crippen LogP contribution >= 0.6 is 11.8 Å². The van der Waals surface area contributed by atoms with E-state index in [1.165, 1.54) is 11.8 Å². The summed E-state index contributed by atoms with van der Waals surface area (Å²) in [6, 6.07) is 7.41. The molecule has 8 heteroatoms. The smallest absolute Gasteiger partial charge is 0.408 e. The van der Waals surface area contributed by atoms with Crippen LogP contribution in [-0.2, 0) is 20.9 Å². The molecule has 2 atom stereocenters. The first-order valence-electron chi connectivity index (χ1n) is 8.97. The number of amides is 2. The summed E-state index contributed by atoms with van der Waals surface area (Å²) in [6.07, 6.45) is 3.47. The van der Waals surface area contributed by atoms with Crippen molar-refractivity contribution in [3.05, 3.63) is 35.9 Å². The van der Waals surface area contributed by atoms with Crippen molar-refractivity contribution in [3.8, 4) is 0 Å². The first kappa shape index (κ1) is 22.8. The molecule has 1 aromatic rings. The highest BCUT2D eigenvalue weighted by Crippen LogP contribution is 2.06. The van der Waals surface area contributed by atoms with E-state index in [9.17, 15) is 19.5 Å². The molecular formula is C19H28N2O5S. The first-order valence-corrected chi connectivity index (χ1v) is 10.4. The molecule has 0 aliphatic rings. The average Bonchev–Trinajstić information content (AvgIpc) is 2.67. The molecule has 0 fully saturated rings. The number of rotatable bonds is 12. The topological polar surface area (TPSA) is 105 Å². The van der Waals surface area contributed by atoms with Gasteiger partial charge in [0.15, 0.2) is 0 Å². The molecular weight excluding hydrogens is 368 g/mol. The van der Waals surface area contributed by atoms with Crippen molar-refractivity contribution in [3.63, 3.8) is 0 Å². The van der Waals surface area contributed by atoms with Gasteiger partial charge >= 0.3 is 12.1 Å². The number of ether oxygens (including phenoxy) is 1. The lowest BCUT2D eigenvalue weighted by atomic mass is 10.1. The summed E-state index contributed by atoms with van der Waals surface area (Å²) in [5.41, 5.74) is 0.838. The van der Waals surface area contributed by atoms with Gasteiger partial charge in [0.2, 0.25) is 5.91 Å². The lowest BCUT2D eigenvalue weighted by molar-refractivity contribution is -0.142. The Labute approximate surface area is 164 Å². The number of alkyl carbamates (subject to hydrolysis) is 1. The first-order chi connectivity index (χ1) is 13.0. The van der Waals surface area contributed by atoms with Gasteiger partial charge in [-0.05, 0) is 30.4 Å². The van der Waals surface area contributed by atoms with Crippen molar-refractivity contribution in [2.75, 3.05) is 12.0 Å². The van der Waals surface area contributed by atoms with Gasteiger partial charge in [-0.2, -0.15) is 11.8 Å². The molecule has 0 spiro atoms. The summed E-state index contributed by atoms with van der Waals surface area (Å²) in [4.78, 5) is 35.9. The zero-order chi connectivity index (χ0) is 20.1. The van der Waals surface area contributed by atoms with Gasteiger partial charge in [0.05, 0.1) is 0 Å². The summed E-state index contributed by atoms with van der Waals surface area (Å²) in [5, 5.41) is 14.3. The molecule has 0 bridgehead atoms. The number of unbranched alkanes of at least 4 members (excludes halogenated alkanes) is 1. The van der Waals surface area contributed by atoms with Crippen LogP contribution in [0.25, 0.3) is 0 Å². The molecule has 2 amide bonds. The monoisotopic (exact) mass is 396 g/mol. The fourth-order valence-electron chi connectivity index (χ4n) is 2.35. The fraction of sp³-hybridized carbons (Fsp3) is 0.526. The van der Waals surface area contributed by atoms with Gasteiger partial charge in [-0.15, -0.1) is 0 Å². The third-order valence-electron chi connectivity index (χ3n) is 3.89. The van der Waals surface area contributed by atoms with Crippen molar-refractivity contribution in [1.29, 1.82) is 0 Å². The van der Waals surface area contributed by atoms with Crippen LogP contribution in [0.5, 0.6) is 0 Å². The number of hydrogen-bond acceptors (Lipinski definition) is 5. The van der Waals surface area contributed by atoms with Gasteiger partial charge in [-0.1, -0.05) is 50.1 Å². The van der Waals surface area contributed by atoms with Crippen molar-refractivity contribution >= 4 is 29.7 Å². The molecule has 0 aromatic heterocycles. The van der Waals surface area contributed by atoms with E-state index in [2.05, 4.69) is 10.6 Å². The van der Waals surface area contributed by atoms with Crippen molar-refractivity contribution in [2.45, 2.75) is 51.3 Å². The Bertz CT molecular complexity index is 597. The van der Waals surface area contributed by atoms with E-state index in [0.29, 0.717) is 18.6 Å². The lowest BCUT2D eigenvalue weighted by Gasteiger charge is -2.21. The highest BCUT2D eigenvalue weighted by molar-refractivity contribution is 7.98. The van der Waals surface area contributed by atoms with E-state index in [0.717, 1.165) is 18.4 Å². The van der Waals surface area contributed by atoms with Crippen molar-refractivity contribution < 1.29 is 24.2 Å². The van der Waals surface area contributed by atoms with E-state index in [-0.39, 0.29) is 6.61 Å². The number of nitrogens with one attached hydrogen (secondary N) is 2. The lowest BCUT2D eigenvalue weighted by Crippen LogP contribution is -2.51. The minimum Gasteiger partial charge on any atom is -0.480 e. The molecule has 0 heterocycles. The molecule has 150 valence electrons. The van der Waals surface area contributed by atoms with Gasteiger partial charge in [0.1, 0.15) is 18.7 Å². The van der Waals surface area contributed by atoms with Crippen molar-refractivity contribution in [2.24, 2.45) is 0 Å². The summed E-state index contributed by atoms with van der Waals surface area (Å²) < 4.78 is 5.16. The quantitative estimate of drug-likeness (QED) is 0.502. The predicted molar refractivity (Wildman–Crippen MR) is 106 cm³/mol. The Morgan fingerprint density at radius 1 is 1.11 bits per heavy atom. The fourth-order valence-corrected chi connectivity index (χ4v) is 2.82. The van der Waals surface area contributed by atoms with Crippen molar-refractivity contribution in [1.82, 2.24) is 10.6 Å². The molecule has 27 heavy (non-hydrogen) atoms. The van der Waals surface area contributed by atoms with Gasteiger partial charge in [0.25, 0.3) is 0 Å². The summed E-state index contributed by atoms with van der Waals surface area (Å²) in [5.74, 6) is -0.976. The maximum absolute atomic E-state index is 12.5. The third kappa shape index (κ3) is 9.33. The SMILES string of the molecule is CCCCC(NC(=O)OCc1ccccc1)C(=O)NC(CCSC)C(=O)O. The molecule has 1 aromatic carbocycles. The Morgan fingerprint density at radius 2 is 1.81 bits per heavy atom. The number of aliphatic carboxylic acids is 1. The zero-order valence-electron chi connectivity index (χ0n) is 15.8. The second kappa shape index (κ2) is 13.0. The molecule has 1 rings (SSSR count). The van der Waals surface area contributed by atoms with E-state index in [1.807, 2.05) is 43.5 Å². The number of carbonyl (C=O) groups excluding carboxylic acids is 2. The van der Waals surface area contributed by atoms with E-state index >= 15 is 0 Å². The van der Waals surface area contributed by atoms with Crippen LogP contribution in [0.3, 0.4) is 0 Å². The molecule has 2 unspecified atom stereocenters. The number of carboxylic acids is 1. The van der Waals surface area contributed by atoms with Crippen LogP contribution in [0, 0.1) is 0 Å². The van der Waals surface area contributed by atoms with Crippen LogP contribution in [0.2, 0.25) is 0 Å². The van der Waals surface area contributed by atoms with Crippen LogP contribution in [0.1, 0.15) is 38.2 Å². The minimum atomic E-state index is -1.08. The average molecular weight is 397 g/mol. The highest BCUT2D eigenvalue weighted by Gasteiger charge is 2.26. The minimum absolute atomic E-state index is 0.0975. The maximum Gasteiger partial charge on any atom is 0.408 e. The summed E-state index contributed by atoms with van der Waals surface area (Å²) >= 11 is 1.51. The summed E-state index contributed by atoms with van der Waals surface area (Å²) in [7, 11) is 0. The van der Waals surface area contributed by atoms with Gasteiger partial charge in [0, 0.05) is 0 Å². The van der Waals surface area contributed by atoms with Crippen LogP contribution in [-0.4, -0.2) is 47.2 Å². The molecule has 0 aliphatic heterocycles. The number of carbonyl (C=O) groups is 3. The molecule has 0 radical (unpaired) electrons.